The lowest BCUT2D eigenvalue weighted by Crippen LogP contribution is -1.73. The standard InChI is InChI=1S/C5H7I.H3N/c1-5(2)3-4-6;/h5H,1-2H3;1H3. The third kappa shape index (κ3) is 10.7. The number of hydrogen-bond acceptors (Lipinski definition) is 1. The molecule has 0 radical (unpaired) electrons. The second kappa shape index (κ2) is 6.25. The van der Waals surface area contributed by atoms with E-state index in [-0.39, 0.29) is 6.15 Å². The van der Waals surface area contributed by atoms with Gasteiger partial charge in [-0.15, -0.1) is 0 Å². The number of rotatable bonds is 0. The first-order valence-corrected chi connectivity index (χ1v) is 2.96. The van der Waals surface area contributed by atoms with E-state index in [0.717, 1.165) is 0 Å². The molecule has 0 aromatic carbocycles. The average molecular weight is 211 g/mol. The van der Waals surface area contributed by atoms with Crippen LogP contribution in [0.2, 0.25) is 0 Å². The fourth-order valence-corrected chi connectivity index (χ4v) is 0.732. The highest BCUT2D eigenvalue weighted by Gasteiger charge is 1.76. The summed E-state index contributed by atoms with van der Waals surface area (Å²) >= 11 is 2.04. The molecule has 0 aromatic heterocycles. The molecule has 1 nitrogen and oxygen atoms in total. The Labute approximate surface area is 58.6 Å². The van der Waals surface area contributed by atoms with Crippen molar-refractivity contribution < 1.29 is 0 Å². The Balaban J connectivity index is 0. The quantitative estimate of drug-likeness (QED) is 0.483. The van der Waals surface area contributed by atoms with Gasteiger partial charge in [-0.1, -0.05) is 19.8 Å². The summed E-state index contributed by atoms with van der Waals surface area (Å²) in [6.07, 6.45) is 0. The van der Waals surface area contributed by atoms with Gasteiger partial charge in [-0.2, -0.15) is 0 Å². The highest BCUT2D eigenvalue weighted by atomic mass is 127. The summed E-state index contributed by atoms with van der Waals surface area (Å²) in [6.45, 7) is 4.15. The maximum absolute atomic E-state index is 2.94. The van der Waals surface area contributed by atoms with Gasteiger partial charge >= 0.3 is 0 Å². The summed E-state index contributed by atoms with van der Waals surface area (Å²) < 4.78 is 2.79. The van der Waals surface area contributed by atoms with Crippen molar-refractivity contribution in [3.8, 4) is 9.85 Å². The van der Waals surface area contributed by atoms with E-state index in [1.165, 1.54) is 0 Å². The number of halogens is 1. The van der Waals surface area contributed by atoms with Crippen molar-refractivity contribution in [2.24, 2.45) is 5.92 Å². The van der Waals surface area contributed by atoms with Gasteiger partial charge in [0.25, 0.3) is 0 Å². The summed E-state index contributed by atoms with van der Waals surface area (Å²) in [5.74, 6) is 3.47. The Morgan fingerprint density at radius 2 is 1.86 bits per heavy atom. The van der Waals surface area contributed by atoms with Gasteiger partial charge < -0.3 is 6.15 Å². The summed E-state index contributed by atoms with van der Waals surface area (Å²) in [7, 11) is 0. The molecule has 0 aliphatic rings. The summed E-state index contributed by atoms with van der Waals surface area (Å²) in [4.78, 5) is 0. The zero-order chi connectivity index (χ0) is 4.99. The van der Waals surface area contributed by atoms with E-state index >= 15 is 0 Å². The van der Waals surface area contributed by atoms with Gasteiger partial charge in [-0.3, -0.25) is 0 Å². The van der Waals surface area contributed by atoms with Gasteiger partial charge in [0, 0.05) is 28.5 Å². The summed E-state index contributed by atoms with van der Waals surface area (Å²) in [5, 5.41) is 0. The zero-order valence-electron chi connectivity index (χ0n) is 4.66. The molecule has 7 heavy (non-hydrogen) atoms. The fraction of sp³-hybridized carbons (Fsp3) is 0.600. The molecule has 0 aromatic rings. The maximum Gasteiger partial charge on any atom is 0.0181 e. The molecule has 0 spiro atoms. The molecular weight excluding hydrogens is 201 g/mol. The van der Waals surface area contributed by atoms with Crippen molar-refractivity contribution in [2.75, 3.05) is 0 Å². The van der Waals surface area contributed by atoms with E-state index in [1.807, 2.05) is 22.6 Å². The lowest BCUT2D eigenvalue weighted by molar-refractivity contribution is 0.868. The van der Waals surface area contributed by atoms with Gasteiger partial charge in [-0.05, 0) is 3.93 Å². The molecule has 0 amide bonds. The molecule has 2 heteroatoms. The van der Waals surface area contributed by atoms with Gasteiger partial charge in [0.1, 0.15) is 0 Å². The average Bonchev–Trinajstić information content (AvgIpc) is 1.35. The van der Waals surface area contributed by atoms with E-state index in [4.69, 9.17) is 0 Å². The van der Waals surface area contributed by atoms with Crippen LogP contribution in [0.25, 0.3) is 0 Å². The largest absolute Gasteiger partial charge is 0.344 e. The molecule has 42 valence electrons. The molecule has 0 saturated carbocycles. The molecule has 0 aliphatic heterocycles. The summed E-state index contributed by atoms with van der Waals surface area (Å²) in [6, 6.07) is 0. The minimum atomic E-state index is 0. The molecule has 0 heterocycles. The van der Waals surface area contributed by atoms with E-state index in [0.29, 0.717) is 5.92 Å². The van der Waals surface area contributed by atoms with Crippen LogP contribution < -0.4 is 6.15 Å². The predicted molar refractivity (Wildman–Crippen MR) is 41.7 cm³/mol. The van der Waals surface area contributed by atoms with Crippen LogP contribution in [0.1, 0.15) is 13.8 Å². The monoisotopic (exact) mass is 211 g/mol. The van der Waals surface area contributed by atoms with Crippen molar-refractivity contribution in [1.82, 2.24) is 6.15 Å². The third-order valence-corrected chi connectivity index (χ3v) is 0.655. The van der Waals surface area contributed by atoms with Crippen molar-refractivity contribution in [3.63, 3.8) is 0 Å². The highest BCUT2D eigenvalue weighted by Crippen LogP contribution is 1.86. The molecule has 0 unspecified atom stereocenters. The third-order valence-electron chi connectivity index (χ3n) is 0.343. The van der Waals surface area contributed by atoms with E-state index < -0.39 is 0 Å². The first-order chi connectivity index (χ1) is 2.77. The minimum Gasteiger partial charge on any atom is -0.344 e. The molecular formula is C5H10IN. The SMILES string of the molecule is CC(C)C#CI.N. The molecule has 0 atom stereocenters. The second-order valence-corrected chi connectivity index (χ2v) is 1.93. The van der Waals surface area contributed by atoms with E-state index in [1.54, 1.807) is 0 Å². The van der Waals surface area contributed by atoms with Crippen LogP contribution in [-0.4, -0.2) is 0 Å². The van der Waals surface area contributed by atoms with Crippen LogP contribution in [0.5, 0.6) is 0 Å². The van der Waals surface area contributed by atoms with Crippen molar-refractivity contribution >= 4 is 22.6 Å². The van der Waals surface area contributed by atoms with Crippen LogP contribution in [-0.2, 0) is 0 Å². The molecule has 0 rings (SSSR count). The van der Waals surface area contributed by atoms with Crippen LogP contribution in [0, 0.1) is 15.8 Å². The van der Waals surface area contributed by atoms with Crippen LogP contribution in [0.15, 0.2) is 0 Å². The van der Waals surface area contributed by atoms with Crippen LogP contribution in [0.4, 0.5) is 0 Å². The van der Waals surface area contributed by atoms with E-state index in [9.17, 15) is 0 Å². The van der Waals surface area contributed by atoms with Crippen molar-refractivity contribution in [2.45, 2.75) is 13.8 Å². The van der Waals surface area contributed by atoms with Crippen LogP contribution in [0.3, 0.4) is 0 Å². The Hall–Kier alpha value is 0.250. The Bertz CT molecular complexity index is 77.8. The van der Waals surface area contributed by atoms with Crippen molar-refractivity contribution in [1.29, 1.82) is 0 Å². The van der Waals surface area contributed by atoms with Crippen LogP contribution >= 0.6 is 22.6 Å². The Morgan fingerprint density at radius 1 is 1.43 bits per heavy atom. The Kier molecular flexibility index (Phi) is 9.17. The molecule has 3 N–H and O–H groups in total. The van der Waals surface area contributed by atoms with Gasteiger partial charge in [-0.25, -0.2) is 0 Å². The Morgan fingerprint density at radius 3 is 1.86 bits per heavy atom. The molecule has 0 aliphatic carbocycles. The second-order valence-electron chi connectivity index (χ2n) is 1.39. The first kappa shape index (κ1) is 10.3. The maximum atomic E-state index is 2.94. The summed E-state index contributed by atoms with van der Waals surface area (Å²) in [5.41, 5.74) is 0. The normalized spacial score (nSPS) is 6.29. The lowest BCUT2D eigenvalue weighted by atomic mass is 10.2. The van der Waals surface area contributed by atoms with Gasteiger partial charge in [0.05, 0.1) is 0 Å². The van der Waals surface area contributed by atoms with E-state index in [2.05, 4.69) is 23.7 Å². The highest BCUT2D eigenvalue weighted by molar-refractivity contribution is 14.1. The topological polar surface area (TPSA) is 35.0 Å². The minimum absolute atomic E-state index is 0. The zero-order valence-corrected chi connectivity index (χ0v) is 6.82. The predicted octanol–water partition coefficient (Wildman–Crippen LogP) is 2.20. The van der Waals surface area contributed by atoms with Gasteiger partial charge in [0.15, 0.2) is 0 Å². The molecule has 0 fully saturated rings. The van der Waals surface area contributed by atoms with Gasteiger partial charge in [0.2, 0.25) is 0 Å². The van der Waals surface area contributed by atoms with Crippen molar-refractivity contribution in [3.05, 3.63) is 0 Å². The number of hydrogen-bond donors (Lipinski definition) is 1. The smallest absolute Gasteiger partial charge is 0.0181 e. The first-order valence-electron chi connectivity index (χ1n) is 1.88. The molecule has 0 saturated heterocycles. The molecule has 0 bridgehead atoms. The fourth-order valence-electron chi connectivity index (χ4n) is 0.109. The lowest BCUT2D eigenvalue weighted by Gasteiger charge is -1.81.